The van der Waals surface area contributed by atoms with Gasteiger partial charge in [-0.15, -0.1) is 0 Å². The number of nitrogens with zero attached hydrogens (tertiary/aromatic N) is 2. The number of halogens is 2. The highest BCUT2D eigenvalue weighted by Gasteiger charge is 2.12. The molecule has 0 aliphatic carbocycles. The molecule has 3 aromatic rings. The van der Waals surface area contributed by atoms with E-state index in [0.29, 0.717) is 21.5 Å². The number of aromatic nitrogens is 2. The van der Waals surface area contributed by atoms with Crippen LogP contribution in [0.2, 0.25) is 5.02 Å². The number of aliphatic hydroxyl groups excluding tert-OH is 1. The number of benzene rings is 2. The molecule has 1 aromatic heterocycles. The molecule has 0 fully saturated rings. The quantitative estimate of drug-likeness (QED) is 0.808. The summed E-state index contributed by atoms with van der Waals surface area (Å²) in [4.78, 5) is 16.4. The lowest BCUT2D eigenvalue weighted by molar-refractivity contribution is 0.155. The van der Waals surface area contributed by atoms with Crippen molar-refractivity contribution in [2.45, 2.75) is 12.6 Å². The Kier molecular flexibility index (Phi) is 3.92. The average molecular weight is 319 g/mol. The van der Waals surface area contributed by atoms with Gasteiger partial charge in [-0.25, -0.2) is 9.37 Å². The van der Waals surface area contributed by atoms with Crippen LogP contribution in [0.3, 0.4) is 0 Å². The highest BCUT2D eigenvalue weighted by atomic mass is 35.5. The van der Waals surface area contributed by atoms with E-state index in [2.05, 4.69) is 4.98 Å². The van der Waals surface area contributed by atoms with Gasteiger partial charge in [0.25, 0.3) is 5.56 Å². The van der Waals surface area contributed by atoms with Gasteiger partial charge in [0.2, 0.25) is 0 Å². The molecule has 3 rings (SSSR count). The molecule has 0 aliphatic heterocycles. The maximum Gasteiger partial charge on any atom is 0.261 e. The number of fused-ring (bicyclic) bond motifs is 1. The molecule has 0 saturated heterocycles. The molecule has 1 heterocycles. The van der Waals surface area contributed by atoms with Crippen molar-refractivity contribution in [3.05, 3.63) is 75.5 Å². The summed E-state index contributed by atoms with van der Waals surface area (Å²) in [6.45, 7) is 0.0412. The summed E-state index contributed by atoms with van der Waals surface area (Å²) in [6, 6.07) is 10.6. The normalized spacial score (nSPS) is 12.5. The Bertz CT molecular complexity index is 895. The molecule has 22 heavy (non-hydrogen) atoms. The lowest BCUT2D eigenvalue weighted by Crippen LogP contribution is -2.23. The Morgan fingerprint density at radius 3 is 2.86 bits per heavy atom. The molecule has 0 radical (unpaired) electrons. The molecule has 0 amide bonds. The molecule has 112 valence electrons. The first-order valence-corrected chi connectivity index (χ1v) is 7.00. The smallest absolute Gasteiger partial charge is 0.261 e. The predicted molar refractivity (Wildman–Crippen MR) is 82.4 cm³/mol. The van der Waals surface area contributed by atoms with E-state index in [1.54, 1.807) is 24.3 Å². The van der Waals surface area contributed by atoms with Gasteiger partial charge in [0.15, 0.2) is 0 Å². The zero-order valence-electron chi connectivity index (χ0n) is 11.4. The van der Waals surface area contributed by atoms with Gasteiger partial charge in [-0.05, 0) is 29.8 Å². The highest BCUT2D eigenvalue weighted by Crippen LogP contribution is 2.19. The Hall–Kier alpha value is -2.24. The van der Waals surface area contributed by atoms with Crippen LogP contribution in [0.25, 0.3) is 10.9 Å². The summed E-state index contributed by atoms with van der Waals surface area (Å²) in [5.41, 5.74) is 0.572. The molecule has 0 saturated carbocycles. The Morgan fingerprint density at radius 2 is 2.09 bits per heavy atom. The summed E-state index contributed by atoms with van der Waals surface area (Å²) in [7, 11) is 0. The number of hydrogen-bond donors (Lipinski definition) is 1. The average Bonchev–Trinajstić information content (AvgIpc) is 2.50. The van der Waals surface area contributed by atoms with Crippen molar-refractivity contribution in [2.24, 2.45) is 0 Å². The molecule has 0 aliphatic rings. The van der Waals surface area contributed by atoms with Crippen molar-refractivity contribution in [3.63, 3.8) is 0 Å². The van der Waals surface area contributed by atoms with E-state index < -0.39 is 11.9 Å². The van der Waals surface area contributed by atoms with Crippen molar-refractivity contribution >= 4 is 22.5 Å². The molecule has 1 atom stereocenters. The molecule has 2 aromatic carbocycles. The topological polar surface area (TPSA) is 55.1 Å². The Labute approximate surface area is 130 Å². The second kappa shape index (κ2) is 5.87. The van der Waals surface area contributed by atoms with E-state index in [1.807, 2.05) is 0 Å². The number of rotatable bonds is 3. The lowest BCUT2D eigenvalue weighted by Gasteiger charge is -2.13. The largest absolute Gasteiger partial charge is 0.387 e. The van der Waals surface area contributed by atoms with Gasteiger partial charge in [0.05, 0.1) is 29.9 Å². The van der Waals surface area contributed by atoms with E-state index in [-0.39, 0.29) is 12.1 Å². The molecule has 4 nitrogen and oxygen atoms in total. The van der Waals surface area contributed by atoms with Crippen LogP contribution < -0.4 is 5.56 Å². The van der Waals surface area contributed by atoms with Crippen LogP contribution >= 0.6 is 11.6 Å². The van der Waals surface area contributed by atoms with Gasteiger partial charge in [0, 0.05) is 11.1 Å². The SMILES string of the molecule is O=c1c2ccc(F)cc2ncn1CC(O)c1cccc(Cl)c1. The van der Waals surface area contributed by atoms with Gasteiger partial charge < -0.3 is 5.11 Å². The van der Waals surface area contributed by atoms with Gasteiger partial charge in [-0.1, -0.05) is 23.7 Å². The van der Waals surface area contributed by atoms with Crippen molar-refractivity contribution < 1.29 is 9.50 Å². The maximum absolute atomic E-state index is 13.1. The van der Waals surface area contributed by atoms with Crippen LogP contribution in [0.4, 0.5) is 4.39 Å². The Balaban J connectivity index is 1.95. The van der Waals surface area contributed by atoms with E-state index in [1.165, 1.54) is 29.1 Å². The third kappa shape index (κ3) is 2.86. The fraction of sp³-hybridized carbons (Fsp3) is 0.125. The minimum absolute atomic E-state index is 0.0412. The van der Waals surface area contributed by atoms with Crippen LogP contribution in [0.5, 0.6) is 0 Å². The maximum atomic E-state index is 13.1. The second-order valence-corrected chi connectivity index (χ2v) is 5.37. The third-order valence-corrected chi connectivity index (χ3v) is 3.63. The fourth-order valence-electron chi connectivity index (χ4n) is 2.27. The molecule has 6 heteroatoms. The first-order valence-electron chi connectivity index (χ1n) is 6.63. The van der Waals surface area contributed by atoms with Crippen LogP contribution in [0.1, 0.15) is 11.7 Å². The van der Waals surface area contributed by atoms with Gasteiger partial charge >= 0.3 is 0 Å². The number of aliphatic hydroxyl groups is 1. The van der Waals surface area contributed by atoms with Crippen LogP contribution in [0, 0.1) is 5.82 Å². The van der Waals surface area contributed by atoms with Crippen LogP contribution in [-0.2, 0) is 6.54 Å². The summed E-state index contributed by atoms with van der Waals surface area (Å²) < 4.78 is 14.4. The van der Waals surface area contributed by atoms with E-state index in [9.17, 15) is 14.3 Å². The predicted octanol–water partition coefficient (Wildman–Crippen LogP) is 2.92. The Morgan fingerprint density at radius 1 is 1.27 bits per heavy atom. The van der Waals surface area contributed by atoms with Crippen molar-refractivity contribution in [1.82, 2.24) is 9.55 Å². The zero-order valence-corrected chi connectivity index (χ0v) is 12.2. The van der Waals surface area contributed by atoms with Gasteiger partial charge in [-0.3, -0.25) is 9.36 Å². The summed E-state index contributed by atoms with van der Waals surface area (Å²) in [5.74, 6) is -0.448. The first kappa shape index (κ1) is 14.7. The molecule has 1 unspecified atom stereocenters. The molecular formula is C16H12ClFN2O2. The van der Waals surface area contributed by atoms with Crippen molar-refractivity contribution in [1.29, 1.82) is 0 Å². The zero-order chi connectivity index (χ0) is 15.7. The minimum atomic E-state index is -0.893. The molecule has 1 N–H and O–H groups in total. The van der Waals surface area contributed by atoms with E-state index in [4.69, 9.17) is 11.6 Å². The van der Waals surface area contributed by atoms with Crippen LogP contribution in [-0.4, -0.2) is 14.7 Å². The van der Waals surface area contributed by atoms with Crippen molar-refractivity contribution in [3.8, 4) is 0 Å². The third-order valence-electron chi connectivity index (χ3n) is 3.39. The minimum Gasteiger partial charge on any atom is -0.387 e. The fourth-order valence-corrected chi connectivity index (χ4v) is 2.47. The number of hydrogen-bond acceptors (Lipinski definition) is 3. The summed E-state index contributed by atoms with van der Waals surface area (Å²) in [5, 5.41) is 11.1. The standard InChI is InChI=1S/C16H12ClFN2O2/c17-11-3-1-2-10(6-11)15(21)8-20-9-19-14-7-12(18)4-5-13(14)16(20)22/h1-7,9,15,21H,8H2. The van der Waals surface area contributed by atoms with E-state index >= 15 is 0 Å². The van der Waals surface area contributed by atoms with E-state index in [0.717, 1.165) is 0 Å². The molecule has 0 bridgehead atoms. The second-order valence-electron chi connectivity index (χ2n) is 4.93. The summed E-state index contributed by atoms with van der Waals surface area (Å²) >= 11 is 5.89. The monoisotopic (exact) mass is 318 g/mol. The highest BCUT2D eigenvalue weighted by molar-refractivity contribution is 6.30. The lowest BCUT2D eigenvalue weighted by atomic mass is 10.1. The van der Waals surface area contributed by atoms with Crippen molar-refractivity contribution in [2.75, 3.05) is 0 Å². The van der Waals surface area contributed by atoms with Gasteiger partial charge in [-0.2, -0.15) is 0 Å². The molecule has 0 spiro atoms. The van der Waals surface area contributed by atoms with Gasteiger partial charge in [0.1, 0.15) is 5.82 Å². The summed E-state index contributed by atoms with van der Waals surface area (Å²) in [6.07, 6.45) is 0.411. The molecular weight excluding hydrogens is 307 g/mol. The first-order chi connectivity index (χ1) is 10.5. The van der Waals surface area contributed by atoms with Crippen LogP contribution in [0.15, 0.2) is 53.6 Å².